The summed E-state index contributed by atoms with van der Waals surface area (Å²) in [5.41, 5.74) is 1.20. The molecular weight excluding hydrogens is 152 g/mol. The van der Waals surface area contributed by atoms with Crippen molar-refractivity contribution in [2.24, 2.45) is 7.05 Å². The average Bonchev–Trinajstić information content (AvgIpc) is 2.58. The van der Waals surface area contributed by atoms with Crippen LogP contribution in [0.4, 0.5) is 0 Å². The van der Waals surface area contributed by atoms with E-state index in [0.717, 1.165) is 6.42 Å². The highest BCUT2D eigenvalue weighted by Crippen LogP contribution is 2.23. The van der Waals surface area contributed by atoms with Gasteiger partial charge in [0.25, 0.3) is 0 Å². The molecule has 1 atom stereocenters. The summed E-state index contributed by atoms with van der Waals surface area (Å²) in [6, 6.07) is 4.29. The molecule has 0 aliphatic carbocycles. The molecule has 0 spiro atoms. The molecule has 1 aliphatic heterocycles. The first kappa shape index (κ1) is 7.40. The zero-order valence-corrected chi connectivity index (χ0v) is 7.08. The van der Waals surface area contributed by atoms with Crippen LogP contribution in [0.5, 0.6) is 0 Å². The Morgan fingerprint density at radius 2 is 2.50 bits per heavy atom. The highest BCUT2D eigenvalue weighted by Gasteiger charge is 2.23. The summed E-state index contributed by atoms with van der Waals surface area (Å²) in [6.07, 6.45) is 3.59. The highest BCUT2D eigenvalue weighted by molar-refractivity contribution is 5.78. The number of aryl methyl sites for hydroxylation is 1. The topological polar surface area (TPSA) is 34.0 Å². The molecule has 0 saturated carbocycles. The number of hydrogen-bond donors (Lipinski definition) is 1. The van der Waals surface area contributed by atoms with Gasteiger partial charge in [-0.1, -0.05) is 0 Å². The second kappa shape index (κ2) is 2.66. The molecule has 1 unspecified atom stereocenters. The maximum Gasteiger partial charge on any atom is 0.220 e. The fraction of sp³-hybridized carbons (Fsp3) is 0.444. The Kier molecular flexibility index (Phi) is 1.64. The van der Waals surface area contributed by atoms with E-state index < -0.39 is 0 Å². The van der Waals surface area contributed by atoms with Gasteiger partial charge in [-0.05, 0) is 18.6 Å². The molecule has 2 heterocycles. The number of carbonyl (C=O) groups is 1. The smallest absolute Gasteiger partial charge is 0.220 e. The number of nitrogens with zero attached hydrogens (tertiary/aromatic N) is 1. The molecule has 12 heavy (non-hydrogen) atoms. The molecule has 1 fully saturated rings. The van der Waals surface area contributed by atoms with E-state index in [4.69, 9.17) is 0 Å². The Morgan fingerprint density at radius 1 is 1.67 bits per heavy atom. The van der Waals surface area contributed by atoms with Crippen LogP contribution in [0.3, 0.4) is 0 Å². The minimum absolute atomic E-state index is 0.168. The summed E-state index contributed by atoms with van der Waals surface area (Å²) >= 11 is 0. The first-order valence-electron chi connectivity index (χ1n) is 4.18. The van der Waals surface area contributed by atoms with E-state index in [0.29, 0.717) is 6.42 Å². The van der Waals surface area contributed by atoms with Crippen LogP contribution in [0, 0.1) is 0 Å². The lowest BCUT2D eigenvalue weighted by Crippen LogP contribution is -2.19. The molecule has 0 bridgehead atoms. The molecule has 0 radical (unpaired) electrons. The van der Waals surface area contributed by atoms with Gasteiger partial charge < -0.3 is 9.88 Å². The van der Waals surface area contributed by atoms with Gasteiger partial charge in [0.1, 0.15) is 0 Å². The van der Waals surface area contributed by atoms with E-state index in [-0.39, 0.29) is 11.9 Å². The zero-order chi connectivity index (χ0) is 8.55. The maximum atomic E-state index is 10.9. The number of carbonyl (C=O) groups excluding carboxylic acids is 1. The SMILES string of the molecule is Cn1cccc1C1CCC(=O)N1. The monoisotopic (exact) mass is 164 g/mol. The number of aromatic nitrogens is 1. The Bertz CT molecular complexity index is 303. The lowest BCUT2D eigenvalue weighted by molar-refractivity contribution is -0.119. The van der Waals surface area contributed by atoms with Gasteiger partial charge in [-0.3, -0.25) is 4.79 Å². The van der Waals surface area contributed by atoms with Crippen molar-refractivity contribution in [3.63, 3.8) is 0 Å². The quantitative estimate of drug-likeness (QED) is 0.659. The van der Waals surface area contributed by atoms with Crippen molar-refractivity contribution in [1.82, 2.24) is 9.88 Å². The lowest BCUT2D eigenvalue weighted by Gasteiger charge is -2.10. The van der Waals surface area contributed by atoms with Crippen LogP contribution < -0.4 is 5.32 Å². The van der Waals surface area contributed by atoms with Gasteiger partial charge in [0.15, 0.2) is 0 Å². The van der Waals surface area contributed by atoms with Crippen molar-refractivity contribution >= 4 is 5.91 Å². The number of rotatable bonds is 1. The number of hydrogen-bond acceptors (Lipinski definition) is 1. The fourth-order valence-electron chi connectivity index (χ4n) is 1.67. The molecule has 3 heteroatoms. The molecule has 1 amide bonds. The second-order valence-corrected chi connectivity index (χ2v) is 3.20. The van der Waals surface area contributed by atoms with Crippen molar-refractivity contribution in [3.05, 3.63) is 24.0 Å². The third-order valence-corrected chi connectivity index (χ3v) is 2.34. The van der Waals surface area contributed by atoms with Crippen LogP contribution in [-0.2, 0) is 11.8 Å². The van der Waals surface area contributed by atoms with Crippen molar-refractivity contribution in [1.29, 1.82) is 0 Å². The van der Waals surface area contributed by atoms with Gasteiger partial charge in [0.2, 0.25) is 5.91 Å². The van der Waals surface area contributed by atoms with Gasteiger partial charge in [-0.2, -0.15) is 0 Å². The Balaban J connectivity index is 2.21. The van der Waals surface area contributed by atoms with Gasteiger partial charge in [0.05, 0.1) is 6.04 Å². The van der Waals surface area contributed by atoms with Gasteiger partial charge in [-0.25, -0.2) is 0 Å². The van der Waals surface area contributed by atoms with E-state index in [1.807, 2.05) is 19.3 Å². The fourth-order valence-corrected chi connectivity index (χ4v) is 1.67. The molecule has 3 nitrogen and oxygen atoms in total. The third-order valence-electron chi connectivity index (χ3n) is 2.34. The molecule has 64 valence electrons. The normalized spacial score (nSPS) is 22.8. The maximum absolute atomic E-state index is 10.9. The Morgan fingerprint density at radius 3 is 3.00 bits per heavy atom. The lowest BCUT2D eigenvalue weighted by atomic mass is 10.1. The van der Waals surface area contributed by atoms with Crippen molar-refractivity contribution in [3.8, 4) is 0 Å². The van der Waals surface area contributed by atoms with E-state index >= 15 is 0 Å². The van der Waals surface area contributed by atoms with Gasteiger partial charge >= 0.3 is 0 Å². The van der Waals surface area contributed by atoms with Crippen LogP contribution in [0.15, 0.2) is 18.3 Å². The van der Waals surface area contributed by atoms with Crippen LogP contribution >= 0.6 is 0 Å². The molecule has 1 N–H and O–H groups in total. The second-order valence-electron chi connectivity index (χ2n) is 3.20. The molecule has 0 aromatic carbocycles. The average molecular weight is 164 g/mol. The summed E-state index contributed by atoms with van der Waals surface area (Å²) in [5.74, 6) is 0.168. The van der Waals surface area contributed by atoms with Crippen molar-refractivity contribution in [2.45, 2.75) is 18.9 Å². The van der Waals surface area contributed by atoms with Crippen LogP contribution in [0.1, 0.15) is 24.6 Å². The van der Waals surface area contributed by atoms with E-state index in [1.54, 1.807) is 0 Å². The largest absolute Gasteiger partial charge is 0.353 e. The highest BCUT2D eigenvalue weighted by atomic mass is 16.1. The summed E-state index contributed by atoms with van der Waals surface area (Å²) < 4.78 is 2.05. The predicted molar refractivity (Wildman–Crippen MR) is 45.5 cm³/mol. The molecule has 2 rings (SSSR count). The Hall–Kier alpha value is -1.25. The molecular formula is C9H12N2O. The summed E-state index contributed by atoms with van der Waals surface area (Å²) in [5, 5.41) is 2.94. The minimum Gasteiger partial charge on any atom is -0.353 e. The van der Waals surface area contributed by atoms with Crippen molar-refractivity contribution < 1.29 is 4.79 Å². The van der Waals surface area contributed by atoms with Crippen LogP contribution in [-0.4, -0.2) is 10.5 Å². The van der Waals surface area contributed by atoms with E-state index in [9.17, 15) is 4.79 Å². The van der Waals surface area contributed by atoms with E-state index in [1.165, 1.54) is 5.69 Å². The van der Waals surface area contributed by atoms with Crippen LogP contribution in [0.2, 0.25) is 0 Å². The van der Waals surface area contributed by atoms with E-state index in [2.05, 4.69) is 16.0 Å². The summed E-state index contributed by atoms with van der Waals surface area (Å²) in [6.45, 7) is 0. The first-order valence-corrected chi connectivity index (χ1v) is 4.18. The number of amides is 1. The predicted octanol–water partition coefficient (Wildman–Crippen LogP) is 0.976. The third kappa shape index (κ3) is 1.11. The molecule has 1 aromatic heterocycles. The van der Waals surface area contributed by atoms with Crippen molar-refractivity contribution in [2.75, 3.05) is 0 Å². The van der Waals surface area contributed by atoms with Crippen LogP contribution in [0.25, 0.3) is 0 Å². The molecule has 1 aromatic rings. The molecule has 1 saturated heterocycles. The number of nitrogens with one attached hydrogen (secondary N) is 1. The summed E-state index contributed by atoms with van der Waals surface area (Å²) in [4.78, 5) is 10.9. The van der Waals surface area contributed by atoms with Gasteiger partial charge in [0, 0.05) is 25.4 Å². The standard InChI is InChI=1S/C9H12N2O/c1-11-6-2-3-8(11)7-4-5-9(12)10-7/h2-3,6-7H,4-5H2,1H3,(H,10,12). The zero-order valence-electron chi connectivity index (χ0n) is 7.08. The summed E-state index contributed by atoms with van der Waals surface area (Å²) in [7, 11) is 2.00. The first-order chi connectivity index (χ1) is 5.77. The minimum atomic E-state index is 0.168. The Labute approximate surface area is 71.4 Å². The van der Waals surface area contributed by atoms with Gasteiger partial charge in [-0.15, -0.1) is 0 Å². The molecule has 1 aliphatic rings.